The molecule has 1 rings (SSSR count). The van der Waals surface area contributed by atoms with E-state index in [1.165, 1.54) is 0 Å². The van der Waals surface area contributed by atoms with Gasteiger partial charge in [-0.25, -0.2) is 0 Å². The lowest BCUT2D eigenvalue weighted by molar-refractivity contribution is -0.138. The fourth-order valence-corrected chi connectivity index (χ4v) is 1.31. The second kappa shape index (κ2) is 5.65. The molecule has 6 heteroatoms. The van der Waals surface area contributed by atoms with Crippen LogP contribution in [0.1, 0.15) is 32.5 Å². The molecule has 0 unspecified atom stereocenters. The number of carboxylic acid groups (broad SMARTS) is 1. The first kappa shape index (κ1) is 14.2. The van der Waals surface area contributed by atoms with E-state index in [-0.39, 0.29) is 25.0 Å². The summed E-state index contributed by atoms with van der Waals surface area (Å²) in [5, 5.41) is 12.6. The minimum atomic E-state index is -0.940. The maximum Gasteiger partial charge on any atom is 0.317 e. The molecule has 0 aromatic carbocycles. The third kappa shape index (κ3) is 4.18. The number of aliphatic carboxylic acids is 1. The number of nitrogens with zero attached hydrogens (tertiary/aromatic N) is 3. The van der Waals surface area contributed by atoms with Crippen molar-refractivity contribution < 1.29 is 14.4 Å². The van der Waals surface area contributed by atoms with Crippen LogP contribution in [0.4, 0.5) is 0 Å². The summed E-state index contributed by atoms with van der Waals surface area (Å²) in [4.78, 5) is 16.4. The lowest BCUT2D eigenvalue weighted by atomic mass is 9.97. The highest BCUT2D eigenvalue weighted by molar-refractivity contribution is 5.69. The molecule has 1 aromatic rings. The van der Waals surface area contributed by atoms with Gasteiger partial charge in [0.05, 0.1) is 19.6 Å². The molecule has 0 aliphatic carbocycles. The smallest absolute Gasteiger partial charge is 0.317 e. The summed E-state index contributed by atoms with van der Waals surface area (Å²) in [6.07, 6.45) is 5.18. The zero-order chi connectivity index (χ0) is 13.8. The molecule has 0 fully saturated rings. The Balaban J connectivity index is 2.73. The van der Waals surface area contributed by atoms with Crippen LogP contribution in [0.5, 0.6) is 0 Å². The van der Waals surface area contributed by atoms with E-state index < -0.39 is 5.97 Å². The Bertz CT molecular complexity index is 454. The van der Waals surface area contributed by atoms with Crippen LogP contribution in [0.3, 0.4) is 0 Å². The Morgan fingerprint density at radius 3 is 2.67 bits per heavy atom. The number of carboxylic acids is 1. The monoisotopic (exact) mass is 251 g/mol. The van der Waals surface area contributed by atoms with E-state index in [1.54, 1.807) is 4.90 Å². The van der Waals surface area contributed by atoms with E-state index in [2.05, 4.69) is 16.1 Å². The number of carbonyl (C=O) groups is 1. The number of rotatable bonds is 5. The van der Waals surface area contributed by atoms with Crippen LogP contribution < -0.4 is 0 Å². The van der Waals surface area contributed by atoms with Gasteiger partial charge in [-0.2, -0.15) is 4.98 Å². The highest BCUT2D eigenvalue weighted by atomic mass is 16.5. The molecular weight excluding hydrogens is 234 g/mol. The fraction of sp³-hybridized carbons (Fsp3) is 0.583. The molecule has 18 heavy (non-hydrogen) atoms. The molecule has 0 saturated carbocycles. The van der Waals surface area contributed by atoms with Crippen LogP contribution in [0.2, 0.25) is 0 Å². The first-order valence-corrected chi connectivity index (χ1v) is 5.53. The molecular formula is C12H17N3O3. The Kier molecular flexibility index (Phi) is 4.45. The van der Waals surface area contributed by atoms with Gasteiger partial charge in [-0.05, 0) is 0 Å². The highest BCUT2D eigenvalue weighted by Crippen LogP contribution is 2.19. The summed E-state index contributed by atoms with van der Waals surface area (Å²) >= 11 is 0. The Morgan fingerprint density at radius 2 is 2.22 bits per heavy atom. The van der Waals surface area contributed by atoms with Crippen LogP contribution in [0.15, 0.2) is 4.52 Å². The third-order valence-electron chi connectivity index (χ3n) is 2.15. The van der Waals surface area contributed by atoms with Crippen molar-refractivity contribution in [2.24, 2.45) is 0 Å². The molecule has 0 amide bonds. The molecule has 0 saturated heterocycles. The molecule has 0 bridgehead atoms. The number of hydrogen-bond acceptors (Lipinski definition) is 5. The van der Waals surface area contributed by atoms with Crippen LogP contribution in [-0.4, -0.2) is 39.2 Å². The van der Waals surface area contributed by atoms with Crippen LogP contribution in [0.25, 0.3) is 0 Å². The average molecular weight is 251 g/mol. The quantitative estimate of drug-likeness (QED) is 0.783. The second-order valence-electron chi connectivity index (χ2n) is 5.01. The zero-order valence-electron chi connectivity index (χ0n) is 10.8. The zero-order valence-corrected chi connectivity index (χ0v) is 10.8. The molecule has 0 spiro atoms. The normalized spacial score (nSPS) is 11.5. The fourth-order valence-electron chi connectivity index (χ4n) is 1.31. The molecule has 0 atom stereocenters. The molecule has 0 aliphatic heterocycles. The van der Waals surface area contributed by atoms with E-state index in [9.17, 15) is 4.79 Å². The summed E-state index contributed by atoms with van der Waals surface area (Å²) in [5.74, 6) is 2.43. The summed E-state index contributed by atoms with van der Waals surface area (Å²) < 4.78 is 5.13. The first-order chi connectivity index (χ1) is 8.32. The molecule has 1 aromatic heterocycles. The number of terminal acetylenes is 1. The third-order valence-corrected chi connectivity index (χ3v) is 2.15. The van der Waals surface area contributed by atoms with Gasteiger partial charge in [0, 0.05) is 5.41 Å². The van der Waals surface area contributed by atoms with Crippen molar-refractivity contribution in [3.63, 3.8) is 0 Å². The molecule has 98 valence electrons. The van der Waals surface area contributed by atoms with Gasteiger partial charge in [0.1, 0.15) is 0 Å². The van der Waals surface area contributed by atoms with E-state index in [1.807, 2.05) is 20.8 Å². The summed E-state index contributed by atoms with van der Waals surface area (Å²) in [6, 6.07) is 0. The van der Waals surface area contributed by atoms with E-state index in [4.69, 9.17) is 16.1 Å². The SMILES string of the molecule is C#CCN(CC(=O)O)Cc1noc(C(C)(C)C)n1. The van der Waals surface area contributed by atoms with Gasteiger partial charge in [0.15, 0.2) is 5.82 Å². The molecule has 1 N–H and O–H groups in total. The standard InChI is InChI=1S/C12H17N3O3/c1-5-6-15(8-10(16)17)7-9-13-11(18-14-9)12(2,3)4/h1H,6-8H2,2-4H3,(H,16,17). The van der Waals surface area contributed by atoms with Gasteiger partial charge in [-0.3, -0.25) is 9.69 Å². The predicted molar refractivity (Wildman–Crippen MR) is 64.7 cm³/mol. The summed E-state index contributed by atoms with van der Waals surface area (Å²) in [6.45, 7) is 6.22. The van der Waals surface area contributed by atoms with E-state index >= 15 is 0 Å². The maximum atomic E-state index is 10.7. The van der Waals surface area contributed by atoms with Crippen LogP contribution >= 0.6 is 0 Å². The van der Waals surface area contributed by atoms with Gasteiger partial charge in [0.2, 0.25) is 5.89 Å². The molecule has 0 aliphatic rings. The molecule has 0 radical (unpaired) electrons. The van der Waals surface area contributed by atoms with Gasteiger partial charge in [0.25, 0.3) is 0 Å². The van der Waals surface area contributed by atoms with E-state index in [0.717, 1.165) is 0 Å². The van der Waals surface area contributed by atoms with Crippen molar-refractivity contribution in [3.05, 3.63) is 11.7 Å². The van der Waals surface area contributed by atoms with E-state index in [0.29, 0.717) is 11.7 Å². The largest absolute Gasteiger partial charge is 0.480 e. The predicted octanol–water partition coefficient (Wildman–Crippen LogP) is 0.887. The lowest BCUT2D eigenvalue weighted by Crippen LogP contribution is -2.30. The van der Waals surface area contributed by atoms with Gasteiger partial charge < -0.3 is 9.63 Å². The van der Waals surface area contributed by atoms with Crippen LogP contribution in [0, 0.1) is 12.3 Å². The lowest BCUT2D eigenvalue weighted by Gasteiger charge is -2.14. The van der Waals surface area contributed by atoms with Crippen molar-refractivity contribution >= 4 is 5.97 Å². The minimum absolute atomic E-state index is 0.149. The summed E-state index contributed by atoms with van der Waals surface area (Å²) in [7, 11) is 0. The van der Waals surface area contributed by atoms with Gasteiger partial charge in [-0.1, -0.05) is 31.8 Å². The topological polar surface area (TPSA) is 79.5 Å². The number of aromatic nitrogens is 2. The van der Waals surface area contributed by atoms with Crippen molar-refractivity contribution in [1.29, 1.82) is 0 Å². The first-order valence-electron chi connectivity index (χ1n) is 5.53. The van der Waals surface area contributed by atoms with Crippen LogP contribution in [-0.2, 0) is 16.8 Å². The van der Waals surface area contributed by atoms with Crippen molar-refractivity contribution in [2.45, 2.75) is 32.7 Å². The van der Waals surface area contributed by atoms with Gasteiger partial charge in [-0.15, -0.1) is 6.42 Å². The van der Waals surface area contributed by atoms with Gasteiger partial charge >= 0.3 is 5.97 Å². The maximum absolute atomic E-state index is 10.7. The van der Waals surface area contributed by atoms with Crippen molar-refractivity contribution in [3.8, 4) is 12.3 Å². The van der Waals surface area contributed by atoms with Crippen molar-refractivity contribution in [2.75, 3.05) is 13.1 Å². The molecule has 6 nitrogen and oxygen atoms in total. The Morgan fingerprint density at radius 1 is 1.56 bits per heavy atom. The minimum Gasteiger partial charge on any atom is -0.480 e. The average Bonchev–Trinajstić information content (AvgIpc) is 2.64. The van der Waals surface area contributed by atoms with Crippen molar-refractivity contribution in [1.82, 2.24) is 15.0 Å². The number of hydrogen-bond donors (Lipinski definition) is 1. The Hall–Kier alpha value is -1.87. The second-order valence-corrected chi connectivity index (χ2v) is 5.01. The summed E-state index contributed by atoms with van der Waals surface area (Å²) in [5.41, 5.74) is -0.227. The highest BCUT2D eigenvalue weighted by Gasteiger charge is 2.22. The Labute approximate surface area is 106 Å². The molecule has 1 heterocycles.